The van der Waals surface area contributed by atoms with Crippen LogP contribution in [-0.2, 0) is 11.4 Å². The number of fused-ring (bicyclic) bond motifs is 1. The number of para-hydroxylation sites is 1. The van der Waals surface area contributed by atoms with Crippen molar-refractivity contribution in [3.63, 3.8) is 0 Å². The van der Waals surface area contributed by atoms with E-state index < -0.39 is 12.1 Å². The molecule has 1 N–H and O–H groups in total. The third-order valence-electron chi connectivity index (χ3n) is 5.48. The van der Waals surface area contributed by atoms with Crippen LogP contribution >= 0.6 is 11.6 Å². The lowest BCUT2D eigenvalue weighted by Crippen LogP contribution is -2.26. The van der Waals surface area contributed by atoms with E-state index in [9.17, 15) is 9.90 Å². The van der Waals surface area contributed by atoms with Gasteiger partial charge in [-0.25, -0.2) is 4.79 Å². The number of aromatic nitrogens is 1. The van der Waals surface area contributed by atoms with E-state index in [-0.39, 0.29) is 0 Å². The quantitative estimate of drug-likeness (QED) is 0.238. The molecule has 5 nitrogen and oxygen atoms in total. The molecule has 0 saturated heterocycles. The van der Waals surface area contributed by atoms with Crippen LogP contribution in [0.4, 0.5) is 0 Å². The highest BCUT2D eigenvalue weighted by atomic mass is 35.5. The van der Waals surface area contributed by atoms with E-state index in [1.165, 1.54) is 0 Å². The number of rotatable bonds is 10. The highest BCUT2D eigenvalue weighted by Crippen LogP contribution is 2.24. The third-order valence-corrected chi connectivity index (χ3v) is 5.71. The second kappa shape index (κ2) is 11.5. The second-order valence-corrected chi connectivity index (χ2v) is 8.58. The van der Waals surface area contributed by atoms with Gasteiger partial charge in [-0.15, -0.1) is 0 Å². The molecule has 0 fully saturated rings. The number of hydrogen-bond donors (Lipinski definition) is 1. The minimum atomic E-state index is -0.952. The van der Waals surface area contributed by atoms with Crippen LogP contribution in [0.3, 0.4) is 0 Å². The van der Waals surface area contributed by atoms with Crippen molar-refractivity contribution >= 4 is 40.6 Å². The summed E-state index contributed by atoms with van der Waals surface area (Å²) in [7, 11) is 0. The van der Waals surface area contributed by atoms with Gasteiger partial charge in [-0.2, -0.15) is 0 Å². The Morgan fingerprint density at radius 2 is 1.86 bits per heavy atom. The Bertz CT molecular complexity index is 1330. The molecule has 0 amide bonds. The lowest BCUT2D eigenvalue weighted by Gasteiger charge is -2.16. The molecule has 0 bridgehead atoms. The Hall–Kier alpha value is -3.83. The number of carboxylic acids is 1. The second-order valence-electron chi connectivity index (χ2n) is 8.14. The van der Waals surface area contributed by atoms with Crippen molar-refractivity contribution in [2.75, 3.05) is 0 Å². The number of halogens is 1. The summed E-state index contributed by atoms with van der Waals surface area (Å²) in [5, 5.41) is 11.0. The van der Waals surface area contributed by atoms with Crippen molar-refractivity contribution in [1.29, 1.82) is 0 Å². The molecule has 0 aliphatic rings. The topological polar surface area (TPSA) is 68.7 Å². The van der Waals surface area contributed by atoms with Gasteiger partial charge >= 0.3 is 5.97 Å². The molecule has 6 heteroatoms. The Morgan fingerprint density at radius 3 is 2.63 bits per heavy atom. The average Bonchev–Trinajstić information content (AvgIpc) is 2.87. The first-order valence-electron chi connectivity index (χ1n) is 11.5. The van der Waals surface area contributed by atoms with E-state index in [1.807, 2.05) is 85.8 Å². The molecule has 1 aromatic heterocycles. The van der Waals surface area contributed by atoms with Crippen molar-refractivity contribution in [2.24, 2.45) is 0 Å². The first-order chi connectivity index (χ1) is 17.0. The minimum Gasteiger partial charge on any atom is -0.487 e. The van der Waals surface area contributed by atoms with E-state index >= 15 is 0 Å². The molecule has 1 atom stereocenters. The summed E-state index contributed by atoms with van der Waals surface area (Å²) < 4.78 is 11.7. The normalized spacial score (nSPS) is 12.1. The van der Waals surface area contributed by atoms with Gasteiger partial charge in [0.1, 0.15) is 18.1 Å². The molecule has 0 aliphatic carbocycles. The fraction of sp³-hybridized carbons (Fsp3) is 0.172. The van der Waals surface area contributed by atoms with Crippen molar-refractivity contribution in [2.45, 2.75) is 32.5 Å². The summed E-state index contributed by atoms with van der Waals surface area (Å²) in [4.78, 5) is 15.9. The number of nitrogens with zero attached hydrogens (tertiary/aromatic N) is 1. The zero-order chi connectivity index (χ0) is 24.6. The number of benzene rings is 3. The Labute approximate surface area is 209 Å². The molecule has 178 valence electrons. The summed E-state index contributed by atoms with van der Waals surface area (Å²) in [5.41, 5.74) is 3.70. The minimum absolute atomic E-state index is 0.426. The van der Waals surface area contributed by atoms with Crippen LogP contribution in [0.25, 0.3) is 23.1 Å². The Morgan fingerprint density at radius 1 is 1.06 bits per heavy atom. The smallest absolute Gasteiger partial charge is 0.344 e. The fourth-order valence-corrected chi connectivity index (χ4v) is 3.77. The number of carboxylic acid groups (broad SMARTS) is 1. The Kier molecular flexibility index (Phi) is 8.01. The largest absolute Gasteiger partial charge is 0.487 e. The number of carbonyl (C=O) groups is 1. The molecule has 35 heavy (non-hydrogen) atoms. The number of ether oxygens (including phenoxy) is 2. The summed E-state index contributed by atoms with van der Waals surface area (Å²) >= 11 is 6.02. The highest BCUT2D eigenvalue weighted by molar-refractivity contribution is 6.31. The van der Waals surface area contributed by atoms with Crippen LogP contribution in [0.5, 0.6) is 11.5 Å². The van der Waals surface area contributed by atoms with Gasteiger partial charge in [-0.05, 0) is 41.8 Å². The lowest BCUT2D eigenvalue weighted by molar-refractivity contribution is -0.145. The van der Waals surface area contributed by atoms with Gasteiger partial charge < -0.3 is 14.6 Å². The summed E-state index contributed by atoms with van der Waals surface area (Å²) in [6.07, 6.45) is 5.94. The summed E-state index contributed by atoms with van der Waals surface area (Å²) in [5.74, 6) is 0.302. The van der Waals surface area contributed by atoms with Crippen LogP contribution in [0.15, 0.2) is 79.0 Å². The number of pyridine rings is 1. The molecule has 0 saturated carbocycles. The van der Waals surface area contributed by atoms with Crippen LogP contribution in [0, 0.1) is 0 Å². The van der Waals surface area contributed by atoms with Crippen molar-refractivity contribution in [1.82, 2.24) is 4.98 Å². The van der Waals surface area contributed by atoms with Crippen LogP contribution in [0.2, 0.25) is 5.02 Å². The fourth-order valence-electron chi connectivity index (χ4n) is 3.60. The first kappa shape index (κ1) is 24.3. The molecule has 1 unspecified atom stereocenters. The van der Waals surface area contributed by atoms with Crippen molar-refractivity contribution in [3.8, 4) is 11.5 Å². The summed E-state index contributed by atoms with van der Waals surface area (Å²) in [6.45, 7) is 2.37. The summed E-state index contributed by atoms with van der Waals surface area (Å²) in [6, 6.07) is 23.0. The van der Waals surface area contributed by atoms with E-state index in [0.717, 1.165) is 34.0 Å². The van der Waals surface area contributed by atoms with Gasteiger partial charge in [0, 0.05) is 16.0 Å². The molecule has 4 aromatic rings. The number of aliphatic carboxylic acids is 1. The maximum absolute atomic E-state index is 11.5. The number of hydrogen-bond acceptors (Lipinski definition) is 4. The molecular weight excluding hydrogens is 462 g/mol. The highest BCUT2D eigenvalue weighted by Gasteiger charge is 2.19. The van der Waals surface area contributed by atoms with Gasteiger partial charge in [0.25, 0.3) is 0 Å². The van der Waals surface area contributed by atoms with E-state index in [4.69, 9.17) is 21.1 Å². The molecular formula is C29H26ClNO4. The van der Waals surface area contributed by atoms with E-state index in [2.05, 4.69) is 4.98 Å². The molecule has 0 radical (unpaired) electrons. The maximum atomic E-state index is 11.5. The Balaban J connectivity index is 1.39. The van der Waals surface area contributed by atoms with E-state index in [1.54, 1.807) is 12.3 Å². The molecule has 0 aliphatic heterocycles. The monoisotopic (exact) mass is 487 g/mol. The molecule has 3 aromatic carbocycles. The molecule has 0 spiro atoms. The van der Waals surface area contributed by atoms with Crippen LogP contribution in [0.1, 0.15) is 36.5 Å². The van der Waals surface area contributed by atoms with Crippen LogP contribution < -0.4 is 9.47 Å². The molecule has 1 heterocycles. The van der Waals surface area contributed by atoms with E-state index in [0.29, 0.717) is 29.5 Å². The van der Waals surface area contributed by atoms with Gasteiger partial charge in [-0.1, -0.05) is 85.6 Å². The average molecular weight is 488 g/mol. The van der Waals surface area contributed by atoms with Crippen LogP contribution in [-0.4, -0.2) is 22.2 Å². The lowest BCUT2D eigenvalue weighted by atomic mass is 10.1. The zero-order valence-corrected chi connectivity index (χ0v) is 20.1. The maximum Gasteiger partial charge on any atom is 0.344 e. The van der Waals surface area contributed by atoms with Gasteiger partial charge in [-0.3, -0.25) is 4.98 Å². The van der Waals surface area contributed by atoms with Gasteiger partial charge in [0.15, 0.2) is 6.10 Å². The zero-order valence-electron chi connectivity index (χ0n) is 19.4. The predicted molar refractivity (Wildman–Crippen MR) is 140 cm³/mol. The van der Waals surface area contributed by atoms with Crippen molar-refractivity contribution < 1.29 is 19.4 Å². The molecule has 4 rings (SSSR count). The van der Waals surface area contributed by atoms with Crippen molar-refractivity contribution in [3.05, 3.63) is 101 Å². The van der Waals surface area contributed by atoms with Gasteiger partial charge in [0.2, 0.25) is 0 Å². The third kappa shape index (κ3) is 6.61. The first-order valence-corrected chi connectivity index (χ1v) is 11.8. The standard InChI is InChI=1S/C29H26ClNO4/c1-2-5-28(29(32)33)35-27-7-4-3-6-22(27)13-12-20-8-10-21(11-9-20)19-34-25-16-23-14-15-24(30)17-26(23)31-18-25/h3-4,6-18,28H,2,5,19H2,1H3,(H,32,33)/b13-12+. The van der Waals surface area contributed by atoms with Gasteiger partial charge in [0.05, 0.1) is 11.7 Å². The predicted octanol–water partition coefficient (Wildman–Crippen LogP) is 7.27. The SMILES string of the molecule is CCCC(Oc1ccccc1/C=C/c1ccc(COc2cnc3cc(Cl)ccc3c2)cc1)C(=O)O.